The molecule has 1 fully saturated rings. The molecule has 1 aliphatic carbocycles. The lowest BCUT2D eigenvalue weighted by molar-refractivity contribution is 0.430. The highest BCUT2D eigenvalue weighted by Crippen LogP contribution is 2.35. The van der Waals surface area contributed by atoms with Crippen molar-refractivity contribution in [2.75, 3.05) is 0 Å². The average molecular weight is 312 g/mol. The first-order chi connectivity index (χ1) is 11.2. The fourth-order valence-electron chi connectivity index (χ4n) is 3.56. The Labute approximate surface area is 142 Å². The zero-order valence-electron chi connectivity index (χ0n) is 15.3. The van der Waals surface area contributed by atoms with E-state index in [1.807, 2.05) is 0 Å². The van der Waals surface area contributed by atoms with E-state index in [-0.39, 0.29) is 0 Å². The summed E-state index contributed by atoms with van der Waals surface area (Å²) in [5.74, 6) is 1.44. The number of allylic oxidation sites excluding steroid dienone is 1. The summed E-state index contributed by atoms with van der Waals surface area (Å²) in [5, 5.41) is 0. The molecule has 0 aromatic heterocycles. The quantitative estimate of drug-likeness (QED) is 0.475. The van der Waals surface area contributed by atoms with Gasteiger partial charge < -0.3 is 0 Å². The van der Waals surface area contributed by atoms with E-state index in [0.29, 0.717) is 5.92 Å². The van der Waals surface area contributed by atoms with Crippen molar-refractivity contribution in [3.63, 3.8) is 0 Å². The van der Waals surface area contributed by atoms with Gasteiger partial charge in [0.1, 0.15) is 0 Å². The van der Waals surface area contributed by atoms with Gasteiger partial charge in [0, 0.05) is 6.21 Å². The summed E-state index contributed by atoms with van der Waals surface area (Å²) in [4.78, 5) is 4.76. The fourth-order valence-corrected chi connectivity index (χ4v) is 3.56. The second kappa shape index (κ2) is 9.05. The van der Waals surface area contributed by atoms with Crippen molar-refractivity contribution in [3.05, 3.63) is 35.9 Å². The van der Waals surface area contributed by atoms with Crippen LogP contribution in [0.15, 0.2) is 29.8 Å². The van der Waals surface area contributed by atoms with Gasteiger partial charge in [0.15, 0.2) is 0 Å². The second-order valence-electron chi connectivity index (χ2n) is 7.09. The van der Waals surface area contributed by atoms with Crippen molar-refractivity contribution in [2.24, 2.45) is 16.8 Å². The molecule has 0 aliphatic heterocycles. The summed E-state index contributed by atoms with van der Waals surface area (Å²) < 4.78 is 0. The van der Waals surface area contributed by atoms with Gasteiger partial charge in [0.25, 0.3) is 0 Å². The summed E-state index contributed by atoms with van der Waals surface area (Å²) in [5.41, 5.74) is 4.98. The maximum atomic E-state index is 4.76. The van der Waals surface area contributed by atoms with Crippen molar-refractivity contribution in [1.82, 2.24) is 0 Å². The molecule has 1 nitrogen and oxygen atoms in total. The molecule has 1 aromatic rings. The highest BCUT2D eigenvalue weighted by atomic mass is 14.7. The van der Waals surface area contributed by atoms with Crippen LogP contribution in [0.5, 0.6) is 0 Å². The first-order valence-electron chi connectivity index (χ1n) is 9.48. The molecule has 1 aromatic carbocycles. The molecule has 0 amide bonds. The van der Waals surface area contributed by atoms with Crippen LogP contribution in [-0.4, -0.2) is 6.21 Å². The molecule has 1 aliphatic rings. The third-order valence-electron chi connectivity index (χ3n) is 5.50. The van der Waals surface area contributed by atoms with Crippen LogP contribution < -0.4 is 0 Å². The Morgan fingerprint density at radius 3 is 2.57 bits per heavy atom. The van der Waals surface area contributed by atoms with E-state index < -0.39 is 0 Å². The summed E-state index contributed by atoms with van der Waals surface area (Å²) in [6.07, 6.45) is 12.4. The van der Waals surface area contributed by atoms with E-state index in [9.17, 15) is 0 Å². The molecule has 0 saturated heterocycles. The average Bonchev–Trinajstić information content (AvgIpc) is 2.60. The Kier molecular flexibility index (Phi) is 7.08. The molecule has 0 spiro atoms. The van der Waals surface area contributed by atoms with Crippen LogP contribution in [0.1, 0.15) is 76.3 Å². The molecule has 126 valence electrons. The van der Waals surface area contributed by atoms with Crippen LogP contribution in [0, 0.1) is 18.8 Å². The van der Waals surface area contributed by atoms with Gasteiger partial charge in [-0.25, -0.2) is 0 Å². The molecule has 1 saturated carbocycles. The monoisotopic (exact) mass is 311 g/mol. The van der Waals surface area contributed by atoms with Gasteiger partial charge in [-0.1, -0.05) is 64.7 Å². The molecule has 1 heteroatoms. The molecular formula is C22H33N. The van der Waals surface area contributed by atoms with Crippen molar-refractivity contribution in [2.45, 2.75) is 72.1 Å². The highest BCUT2D eigenvalue weighted by Gasteiger charge is 2.17. The SMILES string of the molecule is C=C(c1ccc(C)c(/N=C\CC(CC)CC)c1)C1CCCCC1. The van der Waals surface area contributed by atoms with E-state index in [1.54, 1.807) is 0 Å². The lowest BCUT2D eigenvalue weighted by Gasteiger charge is -2.24. The number of benzene rings is 1. The van der Waals surface area contributed by atoms with Crippen LogP contribution in [0.3, 0.4) is 0 Å². The normalized spacial score (nSPS) is 16.3. The zero-order valence-corrected chi connectivity index (χ0v) is 15.3. The highest BCUT2D eigenvalue weighted by molar-refractivity contribution is 5.71. The molecule has 0 N–H and O–H groups in total. The topological polar surface area (TPSA) is 12.4 Å². The fraction of sp³-hybridized carbons (Fsp3) is 0.591. The van der Waals surface area contributed by atoms with Crippen LogP contribution in [0.4, 0.5) is 5.69 Å². The standard InChI is InChI=1S/C22H33N/c1-5-19(6-2)14-15-23-22-16-21(13-12-17(22)3)18(4)20-10-8-7-9-11-20/h12-13,15-16,19-20H,4-11,14H2,1-3H3/b23-15-. The molecule has 0 bridgehead atoms. The Morgan fingerprint density at radius 2 is 1.91 bits per heavy atom. The zero-order chi connectivity index (χ0) is 16.7. The Bertz CT molecular complexity index is 531. The van der Waals surface area contributed by atoms with Gasteiger partial charge in [-0.3, -0.25) is 4.99 Å². The number of aliphatic imine (C=N–C) groups is 1. The largest absolute Gasteiger partial charge is 0.261 e. The number of nitrogens with zero attached hydrogens (tertiary/aromatic N) is 1. The smallest absolute Gasteiger partial charge is 0.0660 e. The molecule has 0 heterocycles. The third-order valence-corrected chi connectivity index (χ3v) is 5.50. The van der Waals surface area contributed by atoms with Crippen molar-refractivity contribution < 1.29 is 0 Å². The molecule has 2 rings (SSSR count). The van der Waals surface area contributed by atoms with E-state index in [0.717, 1.165) is 18.0 Å². The van der Waals surface area contributed by atoms with Gasteiger partial charge in [0.05, 0.1) is 5.69 Å². The van der Waals surface area contributed by atoms with Gasteiger partial charge >= 0.3 is 0 Å². The van der Waals surface area contributed by atoms with Crippen molar-refractivity contribution >= 4 is 17.5 Å². The lowest BCUT2D eigenvalue weighted by Crippen LogP contribution is -2.07. The van der Waals surface area contributed by atoms with E-state index >= 15 is 0 Å². The first-order valence-corrected chi connectivity index (χ1v) is 9.48. The van der Waals surface area contributed by atoms with Crippen LogP contribution in [0.25, 0.3) is 5.57 Å². The number of rotatable bonds is 7. The first kappa shape index (κ1) is 18.0. The predicted molar refractivity (Wildman–Crippen MR) is 104 cm³/mol. The summed E-state index contributed by atoms with van der Waals surface area (Å²) in [6.45, 7) is 11.1. The number of hydrogen-bond acceptors (Lipinski definition) is 1. The van der Waals surface area contributed by atoms with Crippen LogP contribution in [-0.2, 0) is 0 Å². The number of aryl methyl sites for hydroxylation is 1. The lowest BCUT2D eigenvalue weighted by atomic mass is 9.81. The summed E-state index contributed by atoms with van der Waals surface area (Å²) >= 11 is 0. The Morgan fingerprint density at radius 1 is 1.22 bits per heavy atom. The Balaban J connectivity index is 2.08. The van der Waals surface area contributed by atoms with Crippen LogP contribution in [0.2, 0.25) is 0 Å². The van der Waals surface area contributed by atoms with Gasteiger partial charge in [0.2, 0.25) is 0 Å². The number of hydrogen-bond donors (Lipinski definition) is 0. The minimum atomic E-state index is 0.674. The van der Waals surface area contributed by atoms with Crippen molar-refractivity contribution in [1.29, 1.82) is 0 Å². The minimum Gasteiger partial charge on any atom is -0.261 e. The molecule has 0 radical (unpaired) electrons. The summed E-state index contributed by atoms with van der Waals surface area (Å²) in [7, 11) is 0. The van der Waals surface area contributed by atoms with Gasteiger partial charge in [-0.15, -0.1) is 0 Å². The minimum absolute atomic E-state index is 0.674. The van der Waals surface area contributed by atoms with Crippen molar-refractivity contribution in [3.8, 4) is 0 Å². The summed E-state index contributed by atoms with van der Waals surface area (Å²) in [6, 6.07) is 6.68. The Hall–Kier alpha value is -1.37. The van der Waals surface area contributed by atoms with Gasteiger partial charge in [-0.05, 0) is 60.8 Å². The van der Waals surface area contributed by atoms with E-state index in [1.165, 1.54) is 61.6 Å². The van der Waals surface area contributed by atoms with E-state index in [4.69, 9.17) is 4.99 Å². The van der Waals surface area contributed by atoms with Crippen LogP contribution >= 0.6 is 0 Å². The molecule has 23 heavy (non-hydrogen) atoms. The second-order valence-corrected chi connectivity index (χ2v) is 7.09. The molecule has 0 unspecified atom stereocenters. The third kappa shape index (κ3) is 5.06. The van der Waals surface area contributed by atoms with E-state index in [2.05, 4.69) is 51.8 Å². The molecular weight excluding hydrogens is 278 g/mol. The maximum Gasteiger partial charge on any atom is 0.0660 e. The molecule has 0 atom stereocenters. The van der Waals surface area contributed by atoms with Gasteiger partial charge in [-0.2, -0.15) is 0 Å². The predicted octanol–water partition coefficient (Wildman–Crippen LogP) is 7.12. The maximum absolute atomic E-state index is 4.76.